The number of hydrogen-bond donors (Lipinski definition) is 1. The van der Waals surface area contributed by atoms with E-state index in [1.54, 1.807) is 0 Å². The first-order valence-corrected chi connectivity index (χ1v) is 9.65. The fourth-order valence-corrected chi connectivity index (χ4v) is 3.91. The molecule has 1 aromatic carbocycles. The van der Waals surface area contributed by atoms with Gasteiger partial charge >= 0.3 is 0 Å². The van der Waals surface area contributed by atoms with Crippen LogP contribution in [0.15, 0.2) is 35.2 Å². The van der Waals surface area contributed by atoms with Crippen molar-refractivity contribution in [3.05, 3.63) is 30.3 Å². The van der Waals surface area contributed by atoms with E-state index in [4.69, 9.17) is 4.55 Å². The summed E-state index contributed by atoms with van der Waals surface area (Å²) in [5, 5.41) is 0. The lowest BCUT2D eigenvalue weighted by molar-refractivity contribution is 0.349. The van der Waals surface area contributed by atoms with Gasteiger partial charge in [-0.2, -0.15) is 8.42 Å². The number of hydrogen-bond acceptors (Lipinski definition) is 3. The molecule has 0 fully saturated rings. The molecule has 1 rings (SSSR count). The molecule has 0 aliphatic rings. The Kier molecular flexibility index (Phi) is 7.62. The molecule has 0 bridgehead atoms. The number of thioether (sulfide) groups is 1. The third-order valence-electron chi connectivity index (χ3n) is 3.56. The predicted octanol–water partition coefficient (Wildman–Crippen LogP) is 4.11. The van der Waals surface area contributed by atoms with Gasteiger partial charge in [-0.25, -0.2) is 0 Å². The molecule has 0 spiro atoms. The summed E-state index contributed by atoms with van der Waals surface area (Å²) in [6.07, 6.45) is 2.44. The Labute approximate surface area is 126 Å². The molecule has 1 N–H and O–H groups in total. The first kappa shape index (κ1) is 17.5. The Morgan fingerprint density at radius 1 is 1.25 bits per heavy atom. The van der Waals surface area contributed by atoms with Gasteiger partial charge in [-0.05, 0) is 36.8 Å². The molecule has 3 nitrogen and oxygen atoms in total. The van der Waals surface area contributed by atoms with Crippen LogP contribution in [0.4, 0.5) is 0 Å². The second kappa shape index (κ2) is 8.70. The minimum atomic E-state index is -3.81. The maximum Gasteiger partial charge on any atom is 0.264 e. The lowest BCUT2D eigenvalue weighted by Crippen LogP contribution is -2.15. The molecule has 1 aromatic rings. The van der Waals surface area contributed by atoms with Gasteiger partial charge in [0.2, 0.25) is 0 Å². The quantitative estimate of drug-likeness (QED) is 0.550. The molecular weight excluding hydrogens is 292 g/mol. The van der Waals surface area contributed by atoms with E-state index in [1.165, 1.54) is 4.90 Å². The van der Waals surface area contributed by atoms with E-state index in [1.807, 2.05) is 30.0 Å². The first-order chi connectivity index (χ1) is 9.42. The van der Waals surface area contributed by atoms with Gasteiger partial charge in [0.1, 0.15) is 0 Å². The average Bonchev–Trinajstić information content (AvgIpc) is 2.41. The largest absolute Gasteiger partial charge is 0.286 e. The van der Waals surface area contributed by atoms with Gasteiger partial charge in [0, 0.05) is 10.6 Å². The Balaban J connectivity index is 2.36. The second-order valence-electron chi connectivity index (χ2n) is 5.20. The molecular formula is C15H24O3S2. The van der Waals surface area contributed by atoms with Crippen molar-refractivity contribution < 1.29 is 13.0 Å². The highest BCUT2D eigenvalue weighted by Gasteiger charge is 2.16. The van der Waals surface area contributed by atoms with Crippen molar-refractivity contribution in [3.8, 4) is 0 Å². The third kappa shape index (κ3) is 7.31. The molecule has 20 heavy (non-hydrogen) atoms. The molecule has 0 radical (unpaired) electrons. The molecule has 0 aliphatic carbocycles. The summed E-state index contributed by atoms with van der Waals surface area (Å²) in [4.78, 5) is 1.27. The Morgan fingerprint density at radius 2 is 1.90 bits per heavy atom. The van der Waals surface area contributed by atoms with Gasteiger partial charge in [0.25, 0.3) is 10.1 Å². The lowest BCUT2D eigenvalue weighted by atomic mass is 9.89. The van der Waals surface area contributed by atoms with Crippen molar-refractivity contribution in [2.45, 2.75) is 38.0 Å². The van der Waals surface area contributed by atoms with Crippen LogP contribution in [0.3, 0.4) is 0 Å². The molecule has 0 saturated heterocycles. The van der Waals surface area contributed by atoms with Crippen LogP contribution in [0.1, 0.15) is 33.1 Å². The molecule has 2 atom stereocenters. The molecule has 114 valence electrons. The minimum Gasteiger partial charge on any atom is -0.286 e. The highest BCUT2D eigenvalue weighted by Crippen LogP contribution is 2.28. The van der Waals surface area contributed by atoms with Crippen molar-refractivity contribution in [1.82, 2.24) is 0 Å². The van der Waals surface area contributed by atoms with Gasteiger partial charge < -0.3 is 0 Å². The topological polar surface area (TPSA) is 54.4 Å². The minimum absolute atomic E-state index is 0.123. The summed E-state index contributed by atoms with van der Waals surface area (Å²) < 4.78 is 30.2. The predicted molar refractivity (Wildman–Crippen MR) is 85.8 cm³/mol. The summed E-state index contributed by atoms with van der Waals surface area (Å²) in [6, 6.07) is 10.3. The molecule has 0 amide bonds. The van der Waals surface area contributed by atoms with Crippen molar-refractivity contribution in [1.29, 1.82) is 0 Å². The van der Waals surface area contributed by atoms with Gasteiger partial charge in [-0.1, -0.05) is 38.5 Å². The fraction of sp³-hybridized carbons (Fsp3) is 0.600. The number of benzene rings is 1. The SMILES string of the molecule is CCC(CCCS(=O)(=O)O)C(C)CSc1ccccc1. The van der Waals surface area contributed by atoms with E-state index in [0.717, 1.165) is 18.6 Å². The van der Waals surface area contributed by atoms with Crippen LogP contribution in [-0.2, 0) is 10.1 Å². The zero-order chi connectivity index (χ0) is 15.0. The van der Waals surface area contributed by atoms with Crippen LogP contribution in [0, 0.1) is 11.8 Å². The smallest absolute Gasteiger partial charge is 0.264 e. The van der Waals surface area contributed by atoms with Crippen LogP contribution in [0.5, 0.6) is 0 Å². The summed E-state index contributed by atoms with van der Waals surface area (Å²) in [5.74, 6) is 1.95. The van der Waals surface area contributed by atoms with Crippen LogP contribution in [-0.4, -0.2) is 24.5 Å². The van der Waals surface area contributed by atoms with E-state index < -0.39 is 10.1 Å². The molecule has 5 heteroatoms. The monoisotopic (exact) mass is 316 g/mol. The zero-order valence-electron chi connectivity index (χ0n) is 12.2. The van der Waals surface area contributed by atoms with Gasteiger partial charge in [0.05, 0.1) is 5.75 Å². The van der Waals surface area contributed by atoms with Crippen LogP contribution in [0.2, 0.25) is 0 Å². The second-order valence-corrected chi connectivity index (χ2v) is 7.86. The standard InChI is InChI=1S/C15H24O3S2/c1-3-14(8-7-11-20(16,17)18)13(2)12-19-15-9-5-4-6-10-15/h4-6,9-10,13-14H,3,7-8,11-12H2,1-2H3,(H,16,17,18). The third-order valence-corrected chi connectivity index (χ3v) is 5.66. The van der Waals surface area contributed by atoms with Crippen LogP contribution < -0.4 is 0 Å². The molecule has 0 saturated carbocycles. The van der Waals surface area contributed by atoms with Gasteiger partial charge in [-0.3, -0.25) is 4.55 Å². The van der Waals surface area contributed by atoms with Crippen LogP contribution in [0.25, 0.3) is 0 Å². The van der Waals surface area contributed by atoms with Crippen LogP contribution >= 0.6 is 11.8 Å². The van der Waals surface area contributed by atoms with Crippen molar-refractivity contribution >= 4 is 21.9 Å². The lowest BCUT2D eigenvalue weighted by Gasteiger charge is -2.22. The van der Waals surface area contributed by atoms with Crippen molar-refractivity contribution in [2.75, 3.05) is 11.5 Å². The normalized spacial score (nSPS) is 14.9. The van der Waals surface area contributed by atoms with E-state index in [-0.39, 0.29) is 5.75 Å². The fourth-order valence-electron chi connectivity index (χ4n) is 2.30. The molecule has 0 aliphatic heterocycles. The molecule has 2 unspecified atom stereocenters. The first-order valence-electron chi connectivity index (χ1n) is 7.05. The average molecular weight is 316 g/mol. The summed E-state index contributed by atoms with van der Waals surface area (Å²) >= 11 is 1.84. The summed E-state index contributed by atoms with van der Waals surface area (Å²) in [7, 11) is -3.81. The maximum absolute atomic E-state index is 10.7. The van der Waals surface area contributed by atoms with Gasteiger partial charge in [0.15, 0.2) is 0 Å². The zero-order valence-corrected chi connectivity index (χ0v) is 13.8. The van der Waals surface area contributed by atoms with E-state index >= 15 is 0 Å². The number of rotatable bonds is 9. The summed E-state index contributed by atoms with van der Waals surface area (Å²) in [6.45, 7) is 4.36. The Bertz CT molecular complexity index is 471. The molecule has 0 aromatic heterocycles. The van der Waals surface area contributed by atoms with E-state index in [2.05, 4.69) is 26.0 Å². The maximum atomic E-state index is 10.7. The summed E-state index contributed by atoms with van der Waals surface area (Å²) in [5.41, 5.74) is 0. The highest BCUT2D eigenvalue weighted by atomic mass is 32.2. The van der Waals surface area contributed by atoms with Crippen molar-refractivity contribution in [3.63, 3.8) is 0 Å². The van der Waals surface area contributed by atoms with E-state index in [9.17, 15) is 8.42 Å². The van der Waals surface area contributed by atoms with Crippen molar-refractivity contribution in [2.24, 2.45) is 11.8 Å². The Morgan fingerprint density at radius 3 is 2.45 bits per heavy atom. The Hall–Kier alpha value is -0.520. The highest BCUT2D eigenvalue weighted by molar-refractivity contribution is 7.99. The molecule has 0 heterocycles. The van der Waals surface area contributed by atoms with Gasteiger partial charge in [-0.15, -0.1) is 11.8 Å². The van der Waals surface area contributed by atoms with E-state index in [0.29, 0.717) is 18.3 Å².